The molecule has 0 bridgehead atoms. The normalized spacial score (nSPS) is 18.9. The second-order valence-electron chi connectivity index (χ2n) is 11.0. The van der Waals surface area contributed by atoms with Crippen molar-refractivity contribution in [3.63, 3.8) is 0 Å². The minimum Gasteiger partial charge on any atom is -0.378 e. The first-order chi connectivity index (χ1) is 20.4. The Morgan fingerprint density at radius 2 is 1.81 bits per heavy atom. The van der Waals surface area contributed by atoms with Crippen molar-refractivity contribution in [3.8, 4) is 0 Å². The molecule has 2 aliphatic rings. The van der Waals surface area contributed by atoms with E-state index in [-0.39, 0.29) is 5.91 Å². The monoisotopic (exact) mass is 572 g/mol. The van der Waals surface area contributed by atoms with E-state index < -0.39 is 23.5 Å². The lowest BCUT2D eigenvalue weighted by molar-refractivity contribution is -0.119. The van der Waals surface area contributed by atoms with Crippen LogP contribution in [0.3, 0.4) is 0 Å². The topological polar surface area (TPSA) is 75.5 Å². The van der Waals surface area contributed by atoms with Gasteiger partial charge in [-0.15, -0.1) is 0 Å². The molecule has 1 amide bonds. The molecule has 2 aliphatic heterocycles. The average molecular weight is 573 g/mol. The molecule has 2 atom stereocenters. The standard InChI is InChI=1S/C32H34F2N6O2/c1-21-3-4-23(30(15-21)38-11-13-42-14-12-38)18-39-10-9-36-32(39)37-31(41)28-20-40(25-7-8-35-22(2)16-25)19-27(28)26-6-5-24(33)17-29(26)34/h3-10,15-17,27-28H,11-14,18-20H2,1-2H3,(H,36,37,41)/t27-,28+/m0/s1. The van der Waals surface area contributed by atoms with Crippen molar-refractivity contribution in [1.29, 1.82) is 0 Å². The molecule has 2 aromatic carbocycles. The van der Waals surface area contributed by atoms with Crippen LogP contribution in [0, 0.1) is 31.4 Å². The fourth-order valence-electron chi connectivity index (χ4n) is 5.98. The number of hydrogen-bond donors (Lipinski definition) is 1. The molecule has 10 heteroatoms. The van der Waals surface area contributed by atoms with E-state index in [9.17, 15) is 9.18 Å². The predicted octanol–water partition coefficient (Wildman–Crippen LogP) is 4.92. The number of imidazole rings is 1. The Kier molecular flexibility index (Phi) is 7.88. The molecule has 218 valence electrons. The summed E-state index contributed by atoms with van der Waals surface area (Å²) < 4.78 is 36.2. The smallest absolute Gasteiger partial charge is 0.232 e. The van der Waals surface area contributed by atoms with Crippen molar-refractivity contribution in [3.05, 3.63) is 101 Å². The first-order valence-electron chi connectivity index (χ1n) is 14.2. The molecule has 4 heterocycles. The maximum Gasteiger partial charge on any atom is 0.232 e. The number of carbonyl (C=O) groups excluding carboxylic acids is 1. The van der Waals surface area contributed by atoms with E-state index in [2.05, 4.69) is 50.2 Å². The summed E-state index contributed by atoms with van der Waals surface area (Å²) in [4.78, 5) is 27.0. The van der Waals surface area contributed by atoms with Crippen LogP contribution in [-0.4, -0.2) is 59.8 Å². The molecule has 0 saturated carbocycles. The third-order valence-electron chi connectivity index (χ3n) is 8.15. The number of pyridine rings is 1. The molecule has 1 N–H and O–H groups in total. The molecule has 0 radical (unpaired) electrons. The number of nitrogens with zero attached hydrogens (tertiary/aromatic N) is 5. The van der Waals surface area contributed by atoms with Crippen molar-refractivity contribution in [2.24, 2.45) is 5.92 Å². The van der Waals surface area contributed by atoms with Crippen molar-refractivity contribution in [2.45, 2.75) is 26.3 Å². The van der Waals surface area contributed by atoms with Crippen molar-refractivity contribution < 1.29 is 18.3 Å². The molecule has 4 aromatic rings. The molecule has 0 unspecified atom stereocenters. The van der Waals surface area contributed by atoms with Crippen molar-refractivity contribution >= 4 is 23.2 Å². The molecule has 2 fully saturated rings. The van der Waals surface area contributed by atoms with Gasteiger partial charge in [-0.25, -0.2) is 13.8 Å². The van der Waals surface area contributed by atoms with Crippen molar-refractivity contribution in [1.82, 2.24) is 14.5 Å². The van der Waals surface area contributed by atoms with Crippen LogP contribution in [0.1, 0.15) is 28.3 Å². The van der Waals surface area contributed by atoms with Gasteiger partial charge >= 0.3 is 0 Å². The number of benzene rings is 2. The number of rotatable bonds is 7. The molecular weight excluding hydrogens is 538 g/mol. The van der Waals surface area contributed by atoms with Crippen LogP contribution >= 0.6 is 0 Å². The fraction of sp³-hybridized carbons (Fsp3) is 0.344. The molecule has 42 heavy (non-hydrogen) atoms. The number of aromatic nitrogens is 3. The minimum absolute atomic E-state index is 0.262. The van der Waals surface area contributed by atoms with E-state index in [1.54, 1.807) is 12.4 Å². The lowest BCUT2D eigenvalue weighted by atomic mass is 9.88. The quantitative estimate of drug-likeness (QED) is 0.339. The van der Waals surface area contributed by atoms with E-state index >= 15 is 4.39 Å². The highest BCUT2D eigenvalue weighted by atomic mass is 19.1. The largest absolute Gasteiger partial charge is 0.378 e. The zero-order chi connectivity index (χ0) is 29.2. The Morgan fingerprint density at radius 3 is 2.60 bits per heavy atom. The Balaban J connectivity index is 1.26. The summed E-state index contributed by atoms with van der Waals surface area (Å²) in [6.07, 6.45) is 5.23. The Bertz CT molecular complexity index is 1580. The van der Waals surface area contributed by atoms with Crippen LogP contribution in [0.4, 0.5) is 26.1 Å². The highest BCUT2D eigenvalue weighted by molar-refractivity contribution is 5.93. The van der Waals surface area contributed by atoms with Gasteiger partial charge in [-0.05, 0) is 54.8 Å². The summed E-state index contributed by atoms with van der Waals surface area (Å²) in [5, 5.41) is 3.02. The molecule has 8 nitrogen and oxygen atoms in total. The number of morpholine rings is 1. The zero-order valence-electron chi connectivity index (χ0n) is 23.8. The van der Waals surface area contributed by atoms with Gasteiger partial charge in [0, 0.05) is 73.8 Å². The second kappa shape index (κ2) is 11.9. The van der Waals surface area contributed by atoms with Crippen LogP contribution in [-0.2, 0) is 16.1 Å². The van der Waals surface area contributed by atoms with Crippen molar-refractivity contribution in [2.75, 3.05) is 54.5 Å². The van der Waals surface area contributed by atoms with Crippen LogP contribution in [0.2, 0.25) is 0 Å². The third-order valence-corrected chi connectivity index (χ3v) is 8.15. The summed E-state index contributed by atoms with van der Waals surface area (Å²) in [5.41, 5.74) is 5.51. The van der Waals surface area contributed by atoms with Gasteiger partial charge in [0.25, 0.3) is 0 Å². The Labute approximate surface area is 244 Å². The molecule has 0 aliphatic carbocycles. The maximum atomic E-state index is 15.0. The van der Waals surface area contributed by atoms with Gasteiger partial charge in [-0.3, -0.25) is 15.1 Å². The predicted molar refractivity (Wildman–Crippen MR) is 158 cm³/mol. The minimum atomic E-state index is -0.651. The number of amides is 1. The molecule has 6 rings (SSSR count). The molecular formula is C32H34F2N6O2. The van der Waals surface area contributed by atoms with E-state index in [0.29, 0.717) is 44.4 Å². The van der Waals surface area contributed by atoms with Gasteiger partial charge in [0.05, 0.1) is 25.7 Å². The van der Waals surface area contributed by atoms with E-state index in [1.807, 2.05) is 29.8 Å². The fourth-order valence-corrected chi connectivity index (χ4v) is 5.98. The van der Waals surface area contributed by atoms with E-state index in [0.717, 1.165) is 41.8 Å². The van der Waals surface area contributed by atoms with Gasteiger partial charge in [0.15, 0.2) is 0 Å². The van der Waals surface area contributed by atoms with Gasteiger partial charge in [-0.2, -0.15) is 0 Å². The van der Waals surface area contributed by atoms with Gasteiger partial charge in [0.1, 0.15) is 11.6 Å². The number of aryl methyl sites for hydroxylation is 2. The SMILES string of the molecule is Cc1ccc(Cn2ccnc2NC(=O)[C@@H]2CN(c3ccnc(C)c3)C[C@H]2c2ccc(F)cc2F)c(N2CCOCC2)c1. The van der Waals surface area contributed by atoms with Gasteiger partial charge in [-0.1, -0.05) is 18.2 Å². The number of ether oxygens (including phenoxy) is 1. The van der Waals surface area contributed by atoms with Crippen LogP contribution in [0.5, 0.6) is 0 Å². The number of halogens is 2. The maximum absolute atomic E-state index is 15.0. The first-order valence-corrected chi connectivity index (χ1v) is 14.2. The lowest BCUT2D eigenvalue weighted by Crippen LogP contribution is -2.37. The lowest BCUT2D eigenvalue weighted by Gasteiger charge is -2.31. The highest BCUT2D eigenvalue weighted by Crippen LogP contribution is 2.37. The summed E-state index contributed by atoms with van der Waals surface area (Å²) in [6.45, 7) is 8.29. The van der Waals surface area contributed by atoms with Crippen LogP contribution in [0.25, 0.3) is 0 Å². The Hall–Kier alpha value is -4.31. The second-order valence-corrected chi connectivity index (χ2v) is 11.0. The van der Waals surface area contributed by atoms with Gasteiger partial charge < -0.3 is 19.1 Å². The zero-order valence-corrected chi connectivity index (χ0v) is 23.8. The molecule has 2 saturated heterocycles. The summed E-state index contributed by atoms with van der Waals surface area (Å²) >= 11 is 0. The molecule has 0 spiro atoms. The summed E-state index contributed by atoms with van der Waals surface area (Å²) in [6, 6.07) is 13.8. The average Bonchev–Trinajstić information content (AvgIpc) is 3.62. The van der Waals surface area contributed by atoms with Gasteiger partial charge in [0.2, 0.25) is 11.9 Å². The number of anilines is 3. The first kappa shape index (κ1) is 27.8. The van der Waals surface area contributed by atoms with Crippen LogP contribution < -0.4 is 15.1 Å². The summed E-state index contributed by atoms with van der Waals surface area (Å²) in [7, 11) is 0. The molecule has 2 aromatic heterocycles. The summed E-state index contributed by atoms with van der Waals surface area (Å²) in [5.74, 6) is -2.21. The number of carbonyl (C=O) groups is 1. The Morgan fingerprint density at radius 1 is 0.976 bits per heavy atom. The van der Waals surface area contributed by atoms with Crippen LogP contribution in [0.15, 0.2) is 67.1 Å². The number of hydrogen-bond acceptors (Lipinski definition) is 6. The third kappa shape index (κ3) is 5.85. The van der Waals surface area contributed by atoms with E-state index in [1.165, 1.54) is 17.7 Å². The van der Waals surface area contributed by atoms with E-state index in [4.69, 9.17) is 4.74 Å². The number of nitrogens with one attached hydrogen (secondary N) is 1. The highest BCUT2D eigenvalue weighted by Gasteiger charge is 2.40.